The summed E-state index contributed by atoms with van der Waals surface area (Å²) in [5, 5.41) is 2.26. The number of anilines is 1. The Bertz CT molecular complexity index is 1390. The Hall–Kier alpha value is -4.23. The topological polar surface area (TPSA) is 38.8 Å². The molecule has 0 saturated heterocycles. The summed E-state index contributed by atoms with van der Waals surface area (Å²) in [4.78, 5) is 14.8. The highest BCUT2D eigenvalue weighted by molar-refractivity contribution is 6.03. The predicted octanol–water partition coefficient (Wildman–Crippen LogP) is 5.93. The zero-order valence-corrected chi connectivity index (χ0v) is 19.0. The lowest BCUT2D eigenvalue weighted by Crippen LogP contribution is -2.37. The monoisotopic (exact) mass is 447 g/mol. The molecule has 4 nitrogen and oxygen atoms in total. The molecular formula is C30H25NO3. The number of hydrogen-bond donors (Lipinski definition) is 0. The van der Waals surface area contributed by atoms with Crippen LogP contribution in [0.1, 0.15) is 29.0 Å². The molecule has 4 aromatic rings. The van der Waals surface area contributed by atoms with E-state index in [4.69, 9.17) is 15.9 Å². The fourth-order valence-corrected chi connectivity index (χ4v) is 4.71. The van der Waals surface area contributed by atoms with Crippen LogP contribution in [-0.4, -0.2) is 19.6 Å². The third kappa shape index (κ3) is 3.97. The van der Waals surface area contributed by atoms with Gasteiger partial charge in [-0.3, -0.25) is 4.79 Å². The first-order chi connectivity index (χ1) is 16.7. The molecule has 4 aromatic carbocycles. The van der Waals surface area contributed by atoms with Crippen molar-refractivity contribution in [3.63, 3.8) is 0 Å². The fraction of sp³-hybridized carbons (Fsp3) is 0.167. The highest BCUT2D eigenvalue weighted by Gasteiger charge is 2.33. The van der Waals surface area contributed by atoms with Gasteiger partial charge in [-0.2, -0.15) is 0 Å². The van der Waals surface area contributed by atoms with E-state index in [9.17, 15) is 4.79 Å². The quantitative estimate of drug-likeness (QED) is 0.344. The van der Waals surface area contributed by atoms with Crippen molar-refractivity contribution >= 4 is 22.4 Å². The number of rotatable bonds is 6. The minimum Gasteiger partial charge on any atom is -0.493 e. The van der Waals surface area contributed by atoms with Gasteiger partial charge in [-0.1, -0.05) is 72.7 Å². The molecule has 4 heteroatoms. The summed E-state index contributed by atoms with van der Waals surface area (Å²) in [7, 11) is 1.64. The number of carbonyl (C=O) groups is 1. The van der Waals surface area contributed by atoms with Gasteiger partial charge in [0, 0.05) is 18.0 Å². The summed E-state index contributed by atoms with van der Waals surface area (Å²) >= 11 is 0. The first-order valence-electron chi connectivity index (χ1n) is 11.3. The number of hydrogen-bond acceptors (Lipinski definition) is 3. The van der Waals surface area contributed by atoms with Gasteiger partial charge in [0.2, 0.25) is 5.91 Å². The van der Waals surface area contributed by atoms with Gasteiger partial charge in [-0.15, -0.1) is 6.42 Å². The molecule has 0 saturated carbocycles. The van der Waals surface area contributed by atoms with Crippen LogP contribution in [0.2, 0.25) is 0 Å². The molecule has 1 heterocycles. The fourth-order valence-electron chi connectivity index (χ4n) is 4.71. The summed E-state index contributed by atoms with van der Waals surface area (Å²) in [5.41, 5.74) is 4.09. The molecule has 1 atom stereocenters. The zero-order chi connectivity index (χ0) is 23.5. The third-order valence-corrected chi connectivity index (χ3v) is 6.34. The van der Waals surface area contributed by atoms with Crippen LogP contribution in [0.4, 0.5) is 5.69 Å². The van der Waals surface area contributed by atoms with E-state index >= 15 is 0 Å². The molecule has 0 aromatic heterocycles. The average Bonchev–Trinajstić information content (AvgIpc) is 2.89. The molecule has 0 spiro atoms. The van der Waals surface area contributed by atoms with E-state index in [1.807, 2.05) is 66.7 Å². The van der Waals surface area contributed by atoms with Crippen molar-refractivity contribution in [3.05, 3.63) is 102 Å². The van der Waals surface area contributed by atoms with Crippen molar-refractivity contribution in [2.45, 2.75) is 18.9 Å². The number of nitrogens with zero attached hydrogens (tertiary/aromatic N) is 1. The second-order valence-electron chi connectivity index (χ2n) is 8.34. The van der Waals surface area contributed by atoms with Gasteiger partial charge in [0.05, 0.1) is 13.7 Å². The molecule has 1 aliphatic rings. The summed E-state index contributed by atoms with van der Waals surface area (Å²) in [6.07, 6.45) is 5.93. The zero-order valence-electron chi connectivity index (χ0n) is 19.0. The van der Waals surface area contributed by atoms with Crippen LogP contribution < -0.4 is 14.4 Å². The normalized spacial score (nSPS) is 15.0. The summed E-state index contributed by atoms with van der Waals surface area (Å²) in [6, 6.07) is 28.3. The minimum absolute atomic E-state index is 0.0223. The molecule has 0 fully saturated rings. The van der Waals surface area contributed by atoms with Crippen molar-refractivity contribution in [3.8, 4) is 23.8 Å². The average molecular weight is 448 g/mol. The molecule has 1 unspecified atom stereocenters. The van der Waals surface area contributed by atoms with Crippen LogP contribution in [-0.2, 0) is 11.4 Å². The van der Waals surface area contributed by atoms with Crippen LogP contribution in [0.15, 0.2) is 84.9 Å². The van der Waals surface area contributed by atoms with Crippen LogP contribution >= 0.6 is 0 Å². The smallest absolute Gasteiger partial charge is 0.228 e. The lowest BCUT2D eigenvalue weighted by atomic mass is 9.81. The highest BCUT2D eigenvalue weighted by atomic mass is 16.5. The van der Waals surface area contributed by atoms with Gasteiger partial charge in [0.1, 0.15) is 6.61 Å². The third-order valence-electron chi connectivity index (χ3n) is 6.34. The Kier molecular flexibility index (Phi) is 5.93. The number of methoxy groups -OCH3 is 1. The minimum atomic E-state index is -0.111. The highest BCUT2D eigenvalue weighted by Crippen LogP contribution is 2.45. The van der Waals surface area contributed by atoms with Crippen molar-refractivity contribution in [1.29, 1.82) is 0 Å². The Morgan fingerprint density at radius 3 is 2.56 bits per heavy atom. The molecule has 0 aliphatic carbocycles. The van der Waals surface area contributed by atoms with Gasteiger partial charge < -0.3 is 14.4 Å². The van der Waals surface area contributed by atoms with Crippen LogP contribution in [0, 0.1) is 12.3 Å². The summed E-state index contributed by atoms with van der Waals surface area (Å²) in [6.45, 7) is 0.708. The molecule has 0 bridgehead atoms. The second kappa shape index (κ2) is 9.33. The van der Waals surface area contributed by atoms with Gasteiger partial charge >= 0.3 is 0 Å². The molecule has 34 heavy (non-hydrogen) atoms. The summed E-state index contributed by atoms with van der Waals surface area (Å²) in [5.74, 6) is 3.86. The van der Waals surface area contributed by atoms with Crippen LogP contribution in [0.25, 0.3) is 10.8 Å². The molecule has 168 valence electrons. The predicted molar refractivity (Wildman–Crippen MR) is 135 cm³/mol. The maximum atomic E-state index is 13.1. The molecule has 1 aliphatic heterocycles. The first-order valence-corrected chi connectivity index (χ1v) is 11.3. The van der Waals surface area contributed by atoms with E-state index in [1.54, 1.807) is 12.0 Å². The van der Waals surface area contributed by atoms with E-state index in [-0.39, 0.29) is 18.4 Å². The SMILES string of the molecule is C#CCN1C(=O)CC(c2ccc(OCc3ccccc3)c(OC)c2)c2c1ccc1ccccc21. The Morgan fingerprint density at radius 1 is 0.971 bits per heavy atom. The van der Waals surface area contributed by atoms with Crippen molar-refractivity contribution in [2.75, 3.05) is 18.6 Å². The number of ether oxygens (including phenoxy) is 2. The van der Waals surface area contributed by atoms with Crippen molar-refractivity contribution in [2.24, 2.45) is 0 Å². The number of amides is 1. The Balaban J connectivity index is 1.56. The lowest BCUT2D eigenvalue weighted by molar-refractivity contribution is -0.119. The molecule has 0 N–H and O–H groups in total. The first kappa shape index (κ1) is 21.6. The van der Waals surface area contributed by atoms with Gasteiger partial charge in [-0.25, -0.2) is 0 Å². The number of terminal acetylenes is 1. The van der Waals surface area contributed by atoms with Gasteiger partial charge in [0.15, 0.2) is 11.5 Å². The van der Waals surface area contributed by atoms with Crippen LogP contribution in [0.5, 0.6) is 11.5 Å². The van der Waals surface area contributed by atoms with E-state index in [1.165, 1.54) is 0 Å². The molecule has 0 radical (unpaired) electrons. The van der Waals surface area contributed by atoms with Crippen molar-refractivity contribution < 1.29 is 14.3 Å². The largest absolute Gasteiger partial charge is 0.493 e. The summed E-state index contributed by atoms with van der Waals surface area (Å²) < 4.78 is 11.7. The van der Waals surface area contributed by atoms with Gasteiger partial charge in [-0.05, 0) is 45.7 Å². The number of carbonyl (C=O) groups excluding carboxylic acids is 1. The van der Waals surface area contributed by atoms with Crippen LogP contribution in [0.3, 0.4) is 0 Å². The van der Waals surface area contributed by atoms with E-state index in [2.05, 4.69) is 24.1 Å². The number of fused-ring (bicyclic) bond motifs is 3. The Labute approximate surface area is 199 Å². The standard InChI is InChI=1S/C30H25NO3/c1-3-17-31-26-15-13-22-11-7-8-12-24(22)30(26)25(19-29(31)32)23-14-16-27(28(18-23)33-2)34-20-21-9-5-4-6-10-21/h1,4-16,18,25H,17,19-20H2,2H3. The maximum Gasteiger partial charge on any atom is 0.228 e. The molecular weight excluding hydrogens is 422 g/mol. The number of benzene rings is 4. The van der Waals surface area contributed by atoms with E-state index in [0.717, 1.165) is 33.2 Å². The second-order valence-corrected chi connectivity index (χ2v) is 8.34. The maximum absolute atomic E-state index is 13.1. The molecule has 5 rings (SSSR count). The Morgan fingerprint density at radius 2 is 1.76 bits per heavy atom. The van der Waals surface area contributed by atoms with Gasteiger partial charge in [0.25, 0.3) is 0 Å². The lowest BCUT2D eigenvalue weighted by Gasteiger charge is -2.34. The van der Waals surface area contributed by atoms with E-state index in [0.29, 0.717) is 24.5 Å². The van der Waals surface area contributed by atoms with E-state index < -0.39 is 0 Å². The van der Waals surface area contributed by atoms with Crippen molar-refractivity contribution in [1.82, 2.24) is 0 Å². The molecule has 1 amide bonds.